The Balaban J connectivity index is 1.01. The Kier molecular flexibility index (Phi) is 8.53. The van der Waals surface area contributed by atoms with Crippen molar-refractivity contribution in [2.45, 2.75) is 52.4 Å². The summed E-state index contributed by atoms with van der Waals surface area (Å²) in [6, 6.07) is 69.7. The Labute approximate surface area is 398 Å². The maximum absolute atomic E-state index is 2.54. The van der Waals surface area contributed by atoms with Crippen molar-refractivity contribution < 1.29 is 0 Å². The van der Waals surface area contributed by atoms with E-state index in [2.05, 4.69) is 232 Å². The molecule has 0 fully saturated rings. The molecule has 0 heterocycles. The van der Waals surface area contributed by atoms with Crippen LogP contribution in [0.4, 0.5) is 34.1 Å². The number of fused-ring (bicyclic) bond motifs is 5. The molecule has 11 aromatic rings. The lowest BCUT2D eigenvalue weighted by Crippen LogP contribution is -2.12. The van der Waals surface area contributed by atoms with E-state index >= 15 is 0 Å². The second-order valence-corrected chi connectivity index (χ2v) is 19.9. The molecule has 14 rings (SSSR count). The summed E-state index contributed by atoms with van der Waals surface area (Å²) in [5.74, 6) is 0.881. The van der Waals surface area contributed by atoms with Crippen LogP contribution in [0.3, 0.4) is 0 Å². The number of anilines is 6. The zero-order valence-corrected chi connectivity index (χ0v) is 38.9. The molecule has 0 aliphatic heterocycles. The summed E-state index contributed by atoms with van der Waals surface area (Å²) in [6.07, 6.45) is 6.88. The molecule has 0 saturated heterocycles. The molecule has 3 aliphatic rings. The molecular formula is C66H50N2. The van der Waals surface area contributed by atoms with Crippen molar-refractivity contribution in [1.29, 1.82) is 0 Å². The molecule has 0 bridgehead atoms. The highest BCUT2D eigenvalue weighted by atomic mass is 15.2. The first-order valence-corrected chi connectivity index (χ1v) is 24.5. The summed E-state index contributed by atoms with van der Waals surface area (Å²) in [5.41, 5.74) is 20.6. The Morgan fingerprint density at radius 3 is 1.31 bits per heavy atom. The van der Waals surface area contributed by atoms with Gasteiger partial charge in [0.15, 0.2) is 0 Å². The maximum atomic E-state index is 2.54. The highest BCUT2D eigenvalue weighted by molar-refractivity contribution is 6.29. The average molecular weight is 871 g/mol. The zero-order valence-electron chi connectivity index (χ0n) is 38.9. The smallest absolute Gasteiger partial charge is 0.0540 e. The molecule has 2 nitrogen and oxygen atoms in total. The molecular weight excluding hydrogens is 821 g/mol. The van der Waals surface area contributed by atoms with Gasteiger partial charge >= 0.3 is 0 Å². The van der Waals surface area contributed by atoms with E-state index in [0.717, 1.165) is 24.2 Å². The Bertz CT molecular complexity index is 3930. The van der Waals surface area contributed by atoms with Gasteiger partial charge in [0.25, 0.3) is 0 Å². The lowest BCUT2D eigenvalue weighted by molar-refractivity contribution is 0.866. The number of benzene rings is 11. The Hall–Kier alpha value is -7.94. The van der Waals surface area contributed by atoms with Crippen LogP contribution in [0.15, 0.2) is 194 Å². The number of hydrogen-bond donors (Lipinski definition) is 0. The van der Waals surface area contributed by atoms with Crippen molar-refractivity contribution in [2.24, 2.45) is 0 Å². The standard InChI is InChI=1S/C66H50N2/c1-39(2)41-19-27-45(28-20-41)67(61-37-33-53-49-13-7-5-11-47(49)51-15-9-17-55(61)65(51)53)59-35-25-43-24-32-58-60(36-26-44-23-31-57(59)63(43)64(44)58)68(46-29-21-42(22-30-46)40(3)4)62-38-34-54-50-14-8-6-12-48(50)52-16-10-18-56(62)66(52)54/h5,7-11,13-40H,6,12H2,1-4H3. The minimum atomic E-state index is 0.439. The molecule has 2 heteroatoms. The van der Waals surface area contributed by atoms with E-state index in [-0.39, 0.29) is 0 Å². The van der Waals surface area contributed by atoms with E-state index in [0.29, 0.717) is 11.8 Å². The number of rotatable bonds is 8. The van der Waals surface area contributed by atoms with Gasteiger partial charge in [-0.2, -0.15) is 0 Å². The fourth-order valence-electron chi connectivity index (χ4n) is 12.2. The Morgan fingerprint density at radius 2 is 0.779 bits per heavy atom. The van der Waals surface area contributed by atoms with E-state index in [1.54, 1.807) is 0 Å². The number of nitrogens with zero attached hydrogens (tertiary/aromatic N) is 2. The van der Waals surface area contributed by atoms with Crippen LogP contribution < -0.4 is 9.80 Å². The summed E-state index contributed by atoms with van der Waals surface area (Å²) in [7, 11) is 0. The van der Waals surface area contributed by atoms with Crippen LogP contribution in [0.5, 0.6) is 0 Å². The molecule has 11 aromatic carbocycles. The van der Waals surface area contributed by atoms with Crippen LogP contribution in [0.1, 0.15) is 74.6 Å². The minimum absolute atomic E-state index is 0.439. The summed E-state index contributed by atoms with van der Waals surface area (Å²) in [6.45, 7) is 9.11. The van der Waals surface area contributed by atoms with Crippen LogP contribution >= 0.6 is 0 Å². The van der Waals surface area contributed by atoms with Crippen LogP contribution in [-0.4, -0.2) is 0 Å². The quantitative estimate of drug-likeness (QED) is 0.140. The Morgan fingerprint density at radius 1 is 0.353 bits per heavy atom. The lowest BCUT2D eigenvalue weighted by atomic mass is 9.91. The third kappa shape index (κ3) is 5.58. The van der Waals surface area contributed by atoms with Crippen LogP contribution in [-0.2, 0) is 0 Å². The summed E-state index contributed by atoms with van der Waals surface area (Å²) in [4.78, 5) is 5.07. The first-order chi connectivity index (χ1) is 33.4. The number of allylic oxidation sites excluding steroid dienone is 4. The molecule has 0 unspecified atom stereocenters. The van der Waals surface area contributed by atoms with E-state index < -0.39 is 0 Å². The normalized spacial score (nSPS) is 13.6. The van der Waals surface area contributed by atoms with Gasteiger partial charge in [-0.25, -0.2) is 0 Å². The minimum Gasteiger partial charge on any atom is -0.309 e. The topological polar surface area (TPSA) is 6.48 Å². The third-order valence-electron chi connectivity index (χ3n) is 15.5. The summed E-state index contributed by atoms with van der Waals surface area (Å²) in [5, 5.41) is 12.8. The van der Waals surface area contributed by atoms with Gasteiger partial charge in [0.2, 0.25) is 0 Å². The third-order valence-corrected chi connectivity index (χ3v) is 15.5. The van der Waals surface area contributed by atoms with Gasteiger partial charge in [-0.1, -0.05) is 173 Å². The molecule has 324 valence electrons. The van der Waals surface area contributed by atoms with Gasteiger partial charge in [-0.15, -0.1) is 0 Å². The predicted octanol–water partition coefficient (Wildman–Crippen LogP) is 19.3. The molecule has 0 atom stereocenters. The lowest BCUT2D eigenvalue weighted by Gasteiger charge is -2.31. The van der Waals surface area contributed by atoms with Crippen molar-refractivity contribution in [3.05, 3.63) is 216 Å². The largest absolute Gasteiger partial charge is 0.309 e. The van der Waals surface area contributed by atoms with Crippen molar-refractivity contribution in [3.8, 4) is 22.3 Å². The van der Waals surface area contributed by atoms with Gasteiger partial charge in [0, 0.05) is 32.9 Å². The van der Waals surface area contributed by atoms with Gasteiger partial charge < -0.3 is 9.80 Å². The van der Waals surface area contributed by atoms with Crippen molar-refractivity contribution in [3.63, 3.8) is 0 Å². The van der Waals surface area contributed by atoms with E-state index in [4.69, 9.17) is 0 Å². The van der Waals surface area contributed by atoms with Crippen LogP contribution in [0, 0.1) is 0 Å². The van der Waals surface area contributed by atoms with Gasteiger partial charge in [0.05, 0.1) is 22.7 Å². The van der Waals surface area contributed by atoms with Crippen molar-refractivity contribution >= 4 is 99.1 Å². The first-order valence-electron chi connectivity index (χ1n) is 24.5. The molecule has 68 heavy (non-hydrogen) atoms. The van der Waals surface area contributed by atoms with E-state index in [1.807, 2.05) is 0 Å². The van der Waals surface area contributed by atoms with E-state index in [9.17, 15) is 0 Å². The van der Waals surface area contributed by atoms with Crippen molar-refractivity contribution in [1.82, 2.24) is 0 Å². The fraction of sp³-hybridized carbons (Fsp3) is 0.121. The summed E-state index contributed by atoms with van der Waals surface area (Å²) < 4.78 is 0. The SMILES string of the molecule is CC(C)c1ccc(N(c2ccc3c4c(cccc24)C2=C3C=CCC2)c2ccc3ccc4c(N(c5ccc(C(C)C)cc5)c5ccc6c7c(cccc57)-c5ccccc5-6)ccc5ccc2c3c54)cc1. The second-order valence-electron chi connectivity index (χ2n) is 19.9. The monoisotopic (exact) mass is 870 g/mol. The van der Waals surface area contributed by atoms with E-state index in [1.165, 1.54) is 132 Å². The highest BCUT2D eigenvalue weighted by Crippen LogP contribution is 2.55. The zero-order chi connectivity index (χ0) is 45.4. The molecule has 0 radical (unpaired) electrons. The average Bonchev–Trinajstić information content (AvgIpc) is 3.89. The van der Waals surface area contributed by atoms with Crippen molar-refractivity contribution in [2.75, 3.05) is 9.80 Å². The summed E-state index contributed by atoms with van der Waals surface area (Å²) >= 11 is 0. The maximum Gasteiger partial charge on any atom is 0.0540 e. The molecule has 0 aromatic heterocycles. The van der Waals surface area contributed by atoms with Crippen LogP contribution in [0.2, 0.25) is 0 Å². The second kappa shape index (κ2) is 14.8. The predicted molar refractivity (Wildman–Crippen MR) is 292 cm³/mol. The molecule has 0 spiro atoms. The van der Waals surface area contributed by atoms with Gasteiger partial charge in [-0.05, 0) is 161 Å². The van der Waals surface area contributed by atoms with Crippen LogP contribution in [0.25, 0.3) is 87.3 Å². The first kappa shape index (κ1) is 39.2. The molecule has 0 saturated carbocycles. The number of hydrogen-bond acceptors (Lipinski definition) is 2. The van der Waals surface area contributed by atoms with Gasteiger partial charge in [-0.3, -0.25) is 0 Å². The highest BCUT2D eigenvalue weighted by Gasteiger charge is 2.29. The molecule has 0 N–H and O–H groups in total. The fourth-order valence-corrected chi connectivity index (χ4v) is 12.2. The molecule has 3 aliphatic carbocycles. The molecule has 0 amide bonds. The van der Waals surface area contributed by atoms with Gasteiger partial charge in [0.1, 0.15) is 0 Å².